The first-order valence-electron chi connectivity index (χ1n) is 7.77. The Morgan fingerprint density at radius 2 is 2.00 bits per heavy atom. The Bertz CT molecular complexity index is 777. The number of amides is 2. The van der Waals surface area contributed by atoms with Crippen molar-refractivity contribution in [2.45, 2.75) is 20.0 Å². The third-order valence-corrected chi connectivity index (χ3v) is 3.84. The van der Waals surface area contributed by atoms with Crippen LogP contribution < -0.4 is 10.1 Å². The Labute approximate surface area is 146 Å². The molecule has 0 aliphatic rings. The van der Waals surface area contributed by atoms with Crippen LogP contribution in [0.2, 0.25) is 0 Å². The van der Waals surface area contributed by atoms with Gasteiger partial charge in [-0.3, -0.25) is 10.1 Å². The summed E-state index contributed by atoms with van der Waals surface area (Å²) in [6.45, 7) is 2.46. The fourth-order valence-electron chi connectivity index (χ4n) is 2.53. The number of rotatable bonds is 6. The maximum atomic E-state index is 12.2. The molecule has 0 bridgehead atoms. The normalized spacial score (nSPS) is 10.2. The van der Waals surface area contributed by atoms with E-state index >= 15 is 0 Å². The smallest absolute Gasteiger partial charge is 0.317 e. The highest BCUT2D eigenvalue weighted by Gasteiger charge is 2.15. The fraction of sp³-hybridized carbons (Fsp3) is 0.278. The summed E-state index contributed by atoms with van der Waals surface area (Å²) in [6, 6.07) is 11.8. The monoisotopic (exact) mass is 343 g/mol. The standard InChI is InChI=1S/C18H21N3O4/c1-13-10-14(8-9-17(13)25-3)12-20(2)18(22)19-11-15-6-4-5-7-16(15)21(23)24/h4-10H,11-12H2,1-3H3,(H,19,22). The molecule has 2 rings (SSSR count). The van der Waals surface area contributed by atoms with Crippen molar-refractivity contribution in [3.63, 3.8) is 0 Å². The van der Waals surface area contributed by atoms with Gasteiger partial charge in [-0.2, -0.15) is 0 Å². The number of benzene rings is 2. The lowest BCUT2D eigenvalue weighted by Gasteiger charge is -2.19. The Kier molecular flexibility index (Phi) is 5.94. The maximum absolute atomic E-state index is 12.2. The Balaban J connectivity index is 1.97. The zero-order chi connectivity index (χ0) is 18.4. The van der Waals surface area contributed by atoms with Crippen LogP contribution in [0.5, 0.6) is 5.75 Å². The van der Waals surface area contributed by atoms with E-state index in [1.165, 1.54) is 11.0 Å². The average molecular weight is 343 g/mol. The number of nitrogens with one attached hydrogen (secondary N) is 1. The van der Waals surface area contributed by atoms with Crippen LogP contribution in [0.4, 0.5) is 10.5 Å². The van der Waals surface area contributed by atoms with E-state index in [0.29, 0.717) is 12.1 Å². The van der Waals surface area contributed by atoms with Gasteiger partial charge < -0.3 is 15.0 Å². The van der Waals surface area contributed by atoms with Gasteiger partial charge in [-0.25, -0.2) is 4.79 Å². The second-order valence-corrected chi connectivity index (χ2v) is 5.70. The second-order valence-electron chi connectivity index (χ2n) is 5.70. The number of hydrogen-bond acceptors (Lipinski definition) is 4. The number of carbonyl (C=O) groups is 1. The molecular formula is C18H21N3O4. The predicted molar refractivity (Wildman–Crippen MR) is 94.5 cm³/mol. The summed E-state index contributed by atoms with van der Waals surface area (Å²) >= 11 is 0. The number of para-hydroxylation sites is 1. The molecule has 0 aliphatic heterocycles. The molecule has 7 heteroatoms. The first-order chi connectivity index (χ1) is 11.9. The third-order valence-electron chi connectivity index (χ3n) is 3.84. The molecule has 2 amide bonds. The van der Waals surface area contributed by atoms with Gasteiger partial charge in [0.15, 0.2) is 0 Å². The van der Waals surface area contributed by atoms with E-state index < -0.39 is 4.92 Å². The number of nitro groups is 1. The van der Waals surface area contributed by atoms with Crippen molar-refractivity contribution in [1.82, 2.24) is 10.2 Å². The molecule has 0 heterocycles. The minimum Gasteiger partial charge on any atom is -0.496 e. The van der Waals surface area contributed by atoms with E-state index in [0.717, 1.165) is 16.9 Å². The largest absolute Gasteiger partial charge is 0.496 e. The summed E-state index contributed by atoms with van der Waals surface area (Å²) in [4.78, 5) is 24.3. The third kappa shape index (κ3) is 4.69. The molecule has 0 atom stereocenters. The van der Waals surface area contributed by atoms with Crippen molar-refractivity contribution in [3.05, 3.63) is 69.3 Å². The number of methoxy groups -OCH3 is 1. The van der Waals surface area contributed by atoms with E-state index in [2.05, 4.69) is 5.32 Å². The number of hydrogen-bond donors (Lipinski definition) is 1. The molecule has 0 aliphatic carbocycles. The highest BCUT2D eigenvalue weighted by Crippen LogP contribution is 2.19. The Morgan fingerprint density at radius 1 is 1.28 bits per heavy atom. The average Bonchev–Trinajstić information content (AvgIpc) is 2.59. The van der Waals surface area contributed by atoms with Gasteiger partial charge in [-0.1, -0.05) is 30.3 Å². The molecule has 1 N–H and O–H groups in total. The van der Waals surface area contributed by atoms with Gasteiger partial charge in [0.05, 0.1) is 18.6 Å². The zero-order valence-electron chi connectivity index (χ0n) is 14.5. The maximum Gasteiger partial charge on any atom is 0.317 e. The molecule has 0 unspecified atom stereocenters. The molecule has 0 aromatic heterocycles. The predicted octanol–water partition coefficient (Wildman–Crippen LogP) is 3.25. The SMILES string of the molecule is COc1ccc(CN(C)C(=O)NCc2ccccc2[N+](=O)[O-])cc1C. The highest BCUT2D eigenvalue weighted by molar-refractivity contribution is 5.74. The molecule has 0 saturated carbocycles. The molecule has 0 fully saturated rings. The molecule has 0 saturated heterocycles. The van der Waals surface area contributed by atoms with Crippen molar-refractivity contribution < 1.29 is 14.5 Å². The summed E-state index contributed by atoms with van der Waals surface area (Å²) < 4.78 is 5.22. The number of aryl methyl sites for hydroxylation is 1. The number of carbonyl (C=O) groups excluding carboxylic acids is 1. The van der Waals surface area contributed by atoms with Crippen molar-refractivity contribution >= 4 is 11.7 Å². The second kappa shape index (κ2) is 8.14. The van der Waals surface area contributed by atoms with Crippen LogP contribution in [-0.4, -0.2) is 30.0 Å². The van der Waals surface area contributed by atoms with Crippen LogP contribution in [-0.2, 0) is 13.1 Å². The van der Waals surface area contributed by atoms with Crippen molar-refractivity contribution in [1.29, 1.82) is 0 Å². The summed E-state index contributed by atoms with van der Waals surface area (Å²) in [7, 11) is 3.29. The quantitative estimate of drug-likeness (QED) is 0.644. The van der Waals surface area contributed by atoms with Crippen LogP contribution in [0.25, 0.3) is 0 Å². The van der Waals surface area contributed by atoms with E-state index in [4.69, 9.17) is 4.74 Å². The number of ether oxygens (including phenoxy) is 1. The van der Waals surface area contributed by atoms with Gasteiger partial charge >= 0.3 is 6.03 Å². The lowest BCUT2D eigenvalue weighted by atomic mass is 10.1. The summed E-state index contributed by atoms with van der Waals surface area (Å²) in [6.07, 6.45) is 0. The van der Waals surface area contributed by atoms with Crippen LogP contribution in [0.1, 0.15) is 16.7 Å². The van der Waals surface area contributed by atoms with E-state index in [-0.39, 0.29) is 18.3 Å². The minimum atomic E-state index is -0.453. The molecule has 132 valence electrons. The number of urea groups is 1. The van der Waals surface area contributed by atoms with Crippen molar-refractivity contribution in [3.8, 4) is 5.75 Å². The first kappa shape index (κ1) is 18.3. The lowest BCUT2D eigenvalue weighted by Crippen LogP contribution is -2.36. The highest BCUT2D eigenvalue weighted by atomic mass is 16.6. The zero-order valence-corrected chi connectivity index (χ0v) is 14.5. The number of nitrogens with zero attached hydrogens (tertiary/aromatic N) is 2. The van der Waals surface area contributed by atoms with Crippen LogP contribution in [0.3, 0.4) is 0 Å². The Hall–Kier alpha value is -3.09. The molecule has 0 spiro atoms. The van der Waals surface area contributed by atoms with Crippen molar-refractivity contribution in [2.75, 3.05) is 14.2 Å². The van der Waals surface area contributed by atoms with Crippen molar-refractivity contribution in [2.24, 2.45) is 0 Å². The topological polar surface area (TPSA) is 84.7 Å². The van der Waals surface area contributed by atoms with Gasteiger partial charge in [-0.15, -0.1) is 0 Å². The molecule has 7 nitrogen and oxygen atoms in total. The molecule has 0 radical (unpaired) electrons. The Morgan fingerprint density at radius 3 is 2.64 bits per heavy atom. The van der Waals surface area contributed by atoms with Gasteiger partial charge in [0.25, 0.3) is 5.69 Å². The van der Waals surface area contributed by atoms with Gasteiger partial charge in [0, 0.05) is 25.2 Å². The first-order valence-corrected chi connectivity index (χ1v) is 7.77. The van der Waals surface area contributed by atoms with Crippen LogP contribution >= 0.6 is 0 Å². The van der Waals surface area contributed by atoms with Gasteiger partial charge in [-0.05, 0) is 24.1 Å². The van der Waals surface area contributed by atoms with E-state index in [9.17, 15) is 14.9 Å². The number of nitro benzene ring substituents is 1. The summed E-state index contributed by atoms with van der Waals surface area (Å²) in [5.74, 6) is 0.798. The van der Waals surface area contributed by atoms with Crippen LogP contribution in [0.15, 0.2) is 42.5 Å². The minimum absolute atomic E-state index is 0.00349. The molecule has 2 aromatic rings. The van der Waals surface area contributed by atoms with E-state index in [1.54, 1.807) is 32.4 Å². The van der Waals surface area contributed by atoms with Gasteiger partial charge in [0.1, 0.15) is 5.75 Å². The fourth-order valence-corrected chi connectivity index (χ4v) is 2.53. The van der Waals surface area contributed by atoms with Crippen LogP contribution in [0, 0.1) is 17.0 Å². The molecular weight excluding hydrogens is 322 g/mol. The molecule has 2 aromatic carbocycles. The summed E-state index contributed by atoms with van der Waals surface area (Å²) in [5, 5.41) is 13.7. The van der Waals surface area contributed by atoms with E-state index in [1.807, 2.05) is 25.1 Å². The molecule has 25 heavy (non-hydrogen) atoms. The lowest BCUT2D eigenvalue weighted by molar-refractivity contribution is -0.385. The van der Waals surface area contributed by atoms with Gasteiger partial charge in [0.2, 0.25) is 0 Å². The summed E-state index contributed by atoms with van der Waals surface area (Å²) in [5.41, 5.74) is 2.43.